The van der Waals surface area contributed by atoms with Gasteiger partial charge in [0, 0.05) is 17.1 Å². The lowest BCUT2D eigenvalue weighted by molar-refractivity contribution is 1.28. The van der Waals surface area contributed by atoms with E-state index in [0.29, 0.717) is 0 Å². The highest BCUT2D eigenvalue weighted by atomic mass is 15.1. The third-order valence-electron chi connectivity index (χ3n) is 12.7. The van der Waals surface area contributed by atoms with Gasteiger partial charge in [0.05, 0.1) is 0 Å². The van der Waals surface area contributed by atoms with Gasteiger partial charge in [0.15, 0.2) is 0 Å². The Bertz CT molecular complexity index is 3300. The summed E-state index contributed by atoms with van der Waals surface area (Å²) in [5.74, 6) is 0. The second kappa shape index (κ2) is 18.3. The summed E-state index contributed by atoms with van der Waals surface area (Å²) < 4.78 is 0. The minimum Gasteiger partial charge on any atom is -0.311 e. The molecule has 66 heavy (non-hydrogen) atoms. The van der Waals surface area contributed by atoms with E-state index >= 15 is 0 Å². The third kappa shape index (κ3) is 8.46. The Balaban J connectivity index is 0.819. The molecular weight excluding hydrogens is 795 g/mol. The van der Waals surface area contributed by atoms with E-state index < -0.39 is 0 Å². The molecule has 0 unspecified atom stereocenters. The lowest BCUT2D eigenvalue weighted by Gasteiger charge is -2.26. The van der Waals surface area contributed by atoms with Gasteiger partial charge in [0.2, 0.25) is 0 Å². The fraction of sp³-hybridized carbons (Fsp3) is 0.0154. The van der Waals surface area contributed by atoms with Gasteiger partial charge in [-0.15, -0.1) is 0 Å². The van der Waals surface area contributed by atoms with Gasteiger partial charge in [0.1, 0.15) is 0 Å². The molecule has 1 nitrogen and oxygen atoms in total. The van der Waals surface area contributed by atoms with Crippen molar-refractivity contribution in [2.45, 2.75) is 6.42 Å². The topological polar surface area (TPSA) is 3.24 Å². The van der Waals surface area contributed by atoms with Crippen LogP contribution in [0.15, 0.2) is 267 Å². The lowest BCUT2D eigenvalue weighted by Crippen LogP contribution is -2.09. The number of nitrogens with zero attached hydrogens (tertiary/aromatic N) is 1. The van der Waals surface area contributed by atoms with Crippen LogP contribution in [0.2, 0.25) is 0 Å². The molecule has 0 heterocycles. The largest absolute Gasteiger partial charge is 0.311 e. The summed E-state index contributed by atoms with van der Waals surface area (Å²) >= 11 is 0. The van der Waals surface area contributed by atoms with Gasteiger partial charge in [-0.2, -0.15) is 0 Å². The molecule has 0 N–H and O–H groups in total. The summed E-state index contributed by atoms with van der Waals surface area (Å²) in [6, 6.07) is 94.5. The molecule has 1 heteroatoms. The first kappa shape index (κ1) is 40.3. The van der Waals surface area contributed by atoms with E-state index in [1.807, 2.05) is 0 Å². The molecule has 0 aromatic heterocycles. The van der Waals surface area contributed by atoms with Gasteiger partial charge >= 0.3 is 0 Å². The van der Waals surface area contributed by atoms with Crippen molar-refractivity contribution in [1.82, 2.24) is 0 Å². The van der Waals surface area contributed by atoms with Crippen LogP contribution in [-0.2, 0) is 6.42 Å². The quantitative estimate of drug-likeness (QED) is 0.125. The van der Waals surface area contributed by atoms with Crippen molar-refractivity contribution in [3.63, 3.8) is 0 Å². The fourth-order valence-corrected chi connectivity index (χ4v) is 9.24. The van der Waals surface area contributed by atoms with Crippen LogP contribution < -0.4 is 4.90 Å². The van der Waals surface area contributed by atoms with Crippen molar-refractivity contribution in [2.24, 2.45) is 0 Å². The van der Waals surface area contributed by atoms with E-state index in [2.05, 4.69) is 278 Å². The molecule has 11 aromatic carbocycles. The maximum absolute atomic E-state index is 2.36. The minimum atomic E-state index is 0.869. The molecule has 0 spiro atoms. The van der Waals surface area contributed by atoms with Crippen molar-refractivity contribution in [3.8, 4) is 55.6 Å². The van der Waals surface area contributed by atoms with Crippen molar-refractivity contribution >= 4 is 44.7 Å². The Labute approximate surface area is 387 Å². The Morgan fingerprint density at radius 1 is 0.288 bits per heavy atom. The summed E-state index contributed by atoms with van der Waals surface area (Å²) in [6.07, 6.45) is 5.34. The number of hydrogen-bond acceptors (Lipinski definition) is 1. The molecule has 0 radical (unpaired) electrons. The summed E-state index contributed by atoms with van der Waals surface area (Å²) in [5, 5.41) is 5.02. The number of rotatable bonds is 11. The first-order valence-electron chi connectivity index (χ1n) is 22.8. The van der Waals surface area contributed by atoms with E-state index in [9.17, 15) is 0 Å². The first-order valence-corrected chi connectivity index (χ1v) is 22.8. The molecule has 0 bridgehead atoms. The van der Waals surface area contributed by atoms with E-state index in [1.165, 1.54) is 88.3 Å². The van der Waals surface area contributed by atoms with Gasteiger partial charge in [-0.25, -0.2) is 0 Å². The molecule has 312 valence electrons. The average Bonchev–Trinajstić information content (AvgIpc) is 3.40. The molecule has 0 aliphatic heterocycles. The van der Waals surface area contributed by atoms with Gasteiger partial charge in [0.25, 0.3) is 0 Å². The average molecular weight is 842 g/mol. The highest BCUT2D eigenvalue weighted by Crippen LogP contribution is 2.39. The molecule has 0 aliphatic carbocycles. The summed E-state index contributed by atoms with van der Waals surface area (Å²) in [6.45, 7) is 0. The SMILES string of the molecule is C(=C\c1ccc(-c2cccc(-c3ccccc3)c2)cc1)/Cc1ccc(-c2ccc(N(c3ccc(-c4cccc5ccccc45)cc3)c3ccc(-c4cccc5ccccc45)cc3)cc2)cc1. The van der Waals surface area contributed by atoms with E-state index in [4.69, 9.17) is 0 Å². The van der Waals surface area contributed by atoms with E-state index in [1.54, 1.807) is 0 Å². The summed E-state index contributed by atoms with van der Waals surface area (Å²) in [5.41, 5.74) is 18.0. The first-order chi connectivity index (χ1) is 32.7. The maximum atomic E-state index is 2.36. The smallest absolute Gasteiger partial charge is 0.0462 e. The molecule has 0 amide bonds. The zero-order valence-electron chi connectivity index (χ0n) is 36.6. The second-order valence-electron chi connectivity index (χ2n) is 16.9. The van der Waals surface area contributed by atoms with Crippen LogP contribution >= 0.6 is 0 Å². The van der Waals surface area contributed by atoms with E-state index in [0.717, 1.165) is 23.5 Å². The number of allylic oxidation sites excluding steroid dienone is 1. The van der Waals surface area contributed by atoms with E-state index in [-0.39, 0.29) is 0 Å². The Hall–Kier alpha value is -8.52. The molecule has 0 fully saturated rings. The van der Waals surface area contributed by atoms with Crippen LogP contribution in [0.1, 0.15) is 11.1 Å². The molecule has 0 atom stereocenters. The summed E-state index contributed by atoms with van der Waals surface area (Å²) in [4.78, 5) is 2.36. The Morgan fingerprint density at radius 2 is 0.667 bits per heavy atom. The van der Waals surface area contributed by atoms with Crippen LogP contribution in [0.5, 0.6) is 0 Å². The predicted octanol–water partition coefficient (Wildman–Crippen LogP) is 18.1. The minimum absolute atomic E-state index is 0.869. The van der Waals surface area contributed by atoms with Crippen molar-refractivity contribution < 1.29 is 0 Å². The van der Waals surface area contributed by atoms with Crippen molar-refractivity contribution in [3.05, 3.63) is 278 Å². The van der Waals surface area contributed by atoms with Gasteiger partial charge < -0.3 is 4.90 Å². The highest BCUT2D eigenvalue weighted by Gasteiger charge is 2.15. The maximum Gasteiger partial charge on any atom is 0.0462 e. The van der Waals surface area contributed by atoms with Crippen molar-refractivity contribution in [2.75, 3.05) is 4.90 Å². The zero-order chi connectivity index (χ0) is 44.1. The monoisotopic (exact) mass is 841 g/mol. The predicted molar refractivity (Wildman–Crippen MR) is 282 cm³/mol. The third-order valence-corrected chi connectivity index (χ3v) is 12.7. The van der Waals surface area contributed by atoms with Gasteiger partial charge in [-0.3, -0.25) is 0 Å². The number of benzene rings is 11. The van der Waals surface area contributed by atoms with Crippen LogP contribution in [0.3, 0.4) is 0 Å². The normalized spacial score (nSPS) is 11.3. The number of anilines is 3. The Morgan fingerprint density at radius 3 is 1.20 bits per heavy atom. The zero-order valence-corrected chi connectivity index (χ0v) is 36.6. The van der Waals surface area contributed by atoms with Crippen LogP contribution in [0.4, 0.5) is 17.1 Å². The Kier molecular flexibility index (Phi) is 11.2. The van der Waals surface area contributed by atoms with Crippen molar-refractivity contribution in [1.29, 1.82) is 0 Å². The number of fused-ring (bicyclic) bond motifs is 2. The molecule has 0 saturated heterocycles. The second-order valence-corrected chi connectivity index (χ2v) is 16.9. The fourth-order valence-electron chi connectivity index (χ4n) is 9.24. The van der Waals surface area contributed by atoms with Gasteiger partial charge in [-0.1, -0.05) is 231 Å². The van der Waals surface area contributed by atoms with Gasteiger partial charge in [-0.05, 0) is 137 Å². The van der Waals surface area contributed by atoms with Crippen LogP contribution in [-0.4, -0.2) is 0 Å². The molecule has 11 aromatic rings. The van der Waals surface area contributed by atoms with Crippen LogP contribution in [0, 0.1) is 0 Å². The molecule has 11 rings (SSSR count). The molecular formula is C65H47N. The number of hydrogen-bond donors (Lipinski definition) is 0. The summed E-state index contributed by atoms with van der Waals surface area (Å²) in [7, 11) is 0. The highest BCUT2D eigenvalue weighted by molar-refractivity contribution is 5.98. The standard InChI is InChI=1S/C65H47N/c1-2-14-49(15-3-1)57-20-9-21-58(46-57)52-32-28-48(29-33-52)13-8-12-47-26-30-50(31-27-47)51-34-40-59(41-35-51)66(60-42-36-55(37-43-60)64-24-10-18-53-16-4-6-22-62(53)64)61-44-38-56(39-45-61)65-25-11-19-54-17-5-7-23-63(54)65/h1-11,13-46H,12H2/b13-8+. The van der Waals surface area contributed by atoms with Crippen LogP contribution in [0.25, 0.3) is 83.3 Å². The molecule has 0 saturated carbocycles. The molecule has 0 aliphatic rings. The lowest BCUT2D eigenvalue weighted by atomic mass is 9.97.